The lowest BCUT2D eigenvalue weighted by Crippen LogP contribution is -2.41. The van der Waals surface area contributed by atoms with E-state index in [9.17, 15) is 4.79 Å². The van der Waals surface area contributed by atoms with Crippen LogP contribution in [0.2, 0.25) is 0 Å². The van der Waals surface area contributed by atoms with Crippen molar-refractivity contribution < 1.29 is 4.79 Å². The highest BCUT2D eigenvalue weighted by Gasteiger charge is 2.22. The summed E-state index contributed by atoms with van der Waals surface area (Å²) in [5, 5.41) is 3.08. The third-order valence-electron chi connectivity index (χ3n) is 3.15. The van der Waals surface area contributed by atoms with E-state index in [4.69, 9.17) is 0 Å². The highest BCUT2D eigenvalue weighted by atomic mass is 16.1. The second kappa shape index (κ2) is 5.70. The first-order chi connectivity index (χ1) is 9.08. The Labute approximate surface area is 114 Å². The molecule has 2 nitrogen and oxygen atoms in total. The fraction of sp³-hybridized carbons (Fsp3) is 0.235. The Balaban J connectivity index is 2.02. The van der Waals surface area contributed by atoms with E-state index in [1.54, 1.807) is 0 Å². The average molecular weight is 253 g/mol. The minimum atomic E-state index is -0.354. The quantitative estimate of drug-likeness (QED) is 0.890. The summed E-state index contributed by atoms with van der Waals surface area (Å²) in [5.74, 6) is 0.0417. The molecule has 0 radical (unpaired) electrons. The summed E-state index contributed by atoms with van der Waals surface area (Å²) in [4.78, 5) is 12.1. The van der Waals surface area contributed by atoms with Crippen LogP contribution in [0.25, 0.3) is 0 Å². The average Bonchev–Trinajstić information content (AvgIpc) is 2.40. The topological polar surface area (TPSA) is 29.1 Å². The van der Waals surface area contributed by atoms with Crippen LogP contribution in [-0.4, -0.2) is 5.91 Å². The maximum atomic E-state index is 12.1. The number of rotatable bonds is 4. The Bertz CT molecular complexity index is 532. The third-order valence-corrected chi connectivity index (χ3v) is 3.15. The van der Waals surface area contributed by atoms with E-state index in [0.29, 0.717) is 6.42 Å². The van der Waals surface area contributed by atoms with E-state index in [0.717, 1.165) is 11.1 Å². The van der Waals surface area contributed by atoms with Crippen molar-refractivity contribution in [3.8, 4) is 0 Å². The Morgan fingerprint density at radius 1 is 0.947 bits per heavy atom. The molecule has 0 heterocycles. The number of benzene rings is 2. The lowest BCUT2D eigenvalue weighted by molar-refractivity contribution is -0.122. The smallest absolute Gasteiger partial charge is 0.225 e. The molecule has 0 aliphatic heterocycles. The van der Waals surface area contributed by atoms with Gasteiger partial charge in [0.25, 0.3) is 0 Å². The van der Waals surface area contributed by atoms with Crippen LogP contribution in [0.5, 0.6) is 0 Å². The van der Waals surface area contributed by atoms with Crippen LogP contribution in [0.3, 0.4) is 0 Å². The second-order valence-corrected chi connectivity index (χ2v) is 5.20. The monoisotopic (exact) mass is 253 g/mol. The highest BCUT2D eigenvalue weighted by Crippen LogP contribution is 2.19. The first kappa shape index (κ1) is 13.3. The van der Waals surface area contributed by atoms with Crippen molar-refractivity contribution in [3.05, 3.63) is 71.8 Å². The van der Waals surface area contributed by atoms with Crippen LogP contribution in [0, 0.1) is 0 Å². The van der Waals surface area contributed by atoms with Crippen molar-refractivity contribution in [2.45, 2.75) is 25.8 Å². The molecule has 0 spiro atoms. The molecule has 2 heteroatoms. The van der Waals surface area contributed by atoms with Gasteiger partial charge in [0, 0.05) is 0 Å². The van der Waals surface area contributed by atoms with Crippen LogP contribution >= 0.6 is 0 Å². The van der Waals surface area contributed by atoms with Crippen LogP contribution in [0.1, 0.15) is 25.0 Å². The molecule has 98 valence electrons. The second-order valence-electron chi connectivity index (χ2n) is 5.20. The van der Waals surface area contributed by atoms with Crippen LogP contribution in [0.4, 0.5) is 0 Å². The van der Waals surface area contributed by atoms with E-state index in [2.05, 4.69) is 5.32 Å². The standard InChI is InChI=1S/C17H19NO/c1-17(2,15-11-7-4-8-12-15)18-16(19)13-14-9-5-3-6-10-14/h3-12H,13H2,1-2H3,(H,18,19). The Kier molecular flexibility index (Phi) is 4.00. The summed E-state index contributed by atoms with van der Waals surface area (Å²) in [6, 6.07) is 19.8. The van der Waals surface area contributed by atoms with Crippen molar-refractivity contribution in [3.63, 3.8) is 0 Å². The fourth-order valence-corrected chi connectivity index (χ4v) is 2.10. The summed E-state index contributed by atoms with van der Waals surface area (Å²) < 4.78 is 0. The van der Waals surface area contributed by atoms with Gasteiger partial charge in [0.05, 0.1) is 12.0 Å². The molecule has 2 rings (SSSR count). The first-order valence-corrected chi connectivity index (χ1v) is 6.48. The fourth-order valence-electron chi connectivity index (χ4n) is 2.10. The van der Waals surface area contributed by atoms with Gasteiger partial charge in [-0.15, -0.1) is 0 Å². The summed E-state index contributed by atoms with van der Waals surface area (Å²) in [5.41, 5.74) is 1.79. The van der Waals surface area contributed by atoms with Gasteiger partial charge in [-0.2, -0.15) is 0 Å². The molecule has 2 aromatic carbocycles. The lowest BCUT2D eigenvalue weighted by atomic mass is 9.94. The van der Waals surface area contributed by atoms with Gasteiger partial charge < -0.3 is 5.32 Å². The molecule has 19 heavy (non-hydrogen) atoms. The number of hydrogen-bond donors (Lipinski definition) is 1. The Morgan fingerprint density at radius 2 is 1.47 bits per heavy atom. The zero-order valence-corrected chi connectivity index (χ0v) is 11.4. The molecule has 0 unspecified atom stereocenters. The van der Waals surface area contributed by atoms with Gasteiger partial charge in [-0.05, 0) is 25.0 Å². The molecule has 1 amide bonds. The highest BCUT2D eigenvalue weighted by molar-refractivity contribution is 5.79. The number of carbonyl (C=O) groups is 1. The molecule has 0 aromatic heterocycles. The minimum Gasteiger partial charge on any atom is -0.347 e. The maximum absolute atomic E-state index is 12.1. The SMILES string of the molecule is CC(C)(NC(=O)Cc1ccccc1)c1ccccc1. The number of amides is 1. The predicted octanol–water partition coefficient (Wildman–Crippen LogP) is 3.28. The number of nitrogens with one attached hydrogen (secondary N) is 1. The van der Waals surface area contributed by atoms with E-state index in [-0.39, 0.29) is 11.4 Å². The Morgan fingerprint density at radius 3 is 2.05 bits per heavy atom. The number of carbonyl (C=O) groups excluding carboxylic acids is 1. The summed E-state index contributed by atoms with van der Waals surface area (Å²) in [7, 11) is 0. The van der Waals surface area contributed by atoms with Crippen molar-refractivity contribution in [1.82, 2.24) is 5.32 Å². The Hall–Kier alpha value is -2.09. The van der Waals surface area contributed by atoms with Gasteiger partial charge in [-0.1, -0.05) is 60.7 Å². The predicted molar refractivity (Wildman–Crippen MR) is 77.8 cm³/mol. The molecule has 1 N–H and O–H groups in total. The summed E-state index contributed by atoms with van der Waals surface area (Å²) >= 11 is 0. The van der Waals surface area contributed by atoms with E-state index in [1.165, 1.54) is 0 Å². The zero-order valence-electron chi connectivity index (χ0n) is 11.4. The molecule has 0 aliphatic carbocycles. The lowest BCUT2D eigenvalue weighted by Gasteiger charge is -2.27. The molecule has 0 saturated carbocycles. The zero-order chi connectivity index (χ0) is 13.7. The van der Waals surface area contributed by atoms with Crippen LogP contribution in [-0.2, 0) is 16.8 Å². The van der Waals surface area contributed by atoms with Crippen molar-refractivity contribution in [1.29, 1.82) is 0 Å². The van der Waals surface area contributed by atoms with Crippen LogP contribution < -0.4 is 5.32 Å². The molecule has 0 atom stereocenters. The third kappa shape index (κ3) is 3.68. The molecular weight excluding hydrogens is 234 g/mol. The van der Waals surface area contributed by atoms with E-state index in [1.807, 2.05) is 74.5 Å². The summed E-state index contributed by atoms with van der Waals surface area (Å²) in [6.45, 7) is 4.04. The van der Waals surface area contributed by atoms with Gasteiger partial charge in [0.15, 0.2) is 0 Å². The molecule has 2 aromatic rings. The first-order valence-electron chi connectivity index (χ1n) is 6.48. The molecule has 0 saturated heterocycles. The van der Waals surface area contributed by atoms with Gasteiger partial charge in [0.1, 0.15) is 0 Å². The molecule has 0 fully saturated rings. The van der Waals surface area contributed by atoms with Crippen molar-refractivity contribution >= 4 is 5.91 Å². The van der Waals surface area contributed by atoms with E-state index < -0.39 is 0 Å². The van der Waals surface area contributed by atoms with Gasteiger partial charge in [0.2, 0.25) is 5.91 Å². The van der Waals surface area contributed by atoms with Crippen LogP contribution in [0.15, 0.2) is 60.7 Å². The maximum Gasteiger partial charge on any atom is 0.225 e. The normalized spacial score (nSPS) is 11.1. The van der Waals surface area contributed by atoms with E-state index >= 15 is 0 Å². The minimum absolute atomic E-state index is 0.0417. The number of hydrogen-bond acceptors (Lipinski definition) is 1. The van der Waals surface area contributed by atoms with Gasteiger partial charge >= 0.3 is 0 Å². The van der Waals surface area contributed by atoms with Gasteiger partial charge in [-0.25, -0.2) is 0 Å². The van der Waals surface area contributed by atoms with Crippen molar-refractivity contribution in [2.75, 3.05) is 0 Å². The summed E-state index contributed by atoms with van der Waals surface area (Å²) in [6.07, 6.45) is 0.414. The van der Waals surface area contributed by atoms with Crippen molar-refractivity contribution in [2.24, 2.45) is 0 Å². The molecule has 0 bridgehead atoms. The largest absolute Gasteiger partial charge is 0.347 e. The van der Waals surface area contributed by atoms with Gasteiger partial charge in [-0.3, -0.25) is 4.79 Å². The molecular formula is C17H19NO. The molecule has 0 aliphatic rings.